The fourth-order valence-corrected chi connectivity index (χ4v) is 3.98. The van der Waals surface area contributed by atoms with Gasteiger partial charge in [-0.05, 0) is 48.3 Å². The predicted octanol–water partition coefficient (Wildman–Crippen LogP) is 4.77. The first kappa shape index (κ1) is 27.2. The number of aromatic nitrogens is 2. The van der Waals surface area contributed by atoms with Crippen LogP contribution >= 0.6 is 0 Å². The third-order valence-electron chi connectivity index (χ3n) is 5.76. The topological polar surface area (TPSA) is 120 Å². The van der Waals surface area contributed by atoms with Crippen molar-refractivity contribution in [2.75, 3.05) is 18.9 Å². The van der Waals surface area contributed by atoms with E-state index >= 15 is 0 Å². The lowest BCUT2D eigenvalue weighted by atomic mass is 10.1. The van der Waals surface area contributed by atoms with Crippen LogP contribution in [0.3, 0.4) is 0 Å². The van der Waals surface area contributed by atoms with Crippen molar-refractivity contribution in [3.05, 3.63) is 83.9 Å². The number of carboxylic acids is 1. The number of likely N-dealkylation sites (N-methyl/N-ethyl adjacent to an activating group) is 1. The molecule has 200 valence electrons. The van der Waals surface area contributed by atoms with Crippen molar-refractivity contribution in [3.8, 4) is 17.6 Å². The van der Waals surface area contributed by atoms with Gasteiger partial charge in [0.15, 0.2) is 0 Å². The SMILES string of the molecule is CN1CC(=O)Nc2cccc3ccc(cc23)Oc2cc(ccc2C#N)Cn2cncc2C1.O=C(O)C(F)(F)F. The first-order valence-corrected chi connectivity index (χ1v) is 11.5. The summed E-state index contributed by atoms with van der Waals surface area (Å²) in [5.41, 5.74) is 3.17. The number of alkyl halides is 3. The molecule has 12 heteroatoms. The van der Waals surface area contributed by atoms with Crippen LogP contribution in [0.25, 0.3) is 10.8 Å². The van der Waals surface area contributed by atoms with Crippen LogP contribution < -0.4 is 10.1 Å². The highest BCUT2D eigenvalue weighted by atomic mass is 19.4. The number of hydrogen-bond acceptors (Lipinski definition) is 6. The number of fused-ring (bicyclic) bond motifs is 4. The van der Waals surface area contributed by atoms with E-state index < -0.39 is 12.1 Å². The van der Waals surface area contributed by atoms with E-state index in [2.05, 4.69) is 16.4 Å². The fraction of sp³-hybridized carbons (Fsp3) is 0.185. The molecule has 5 rings (SSSR count). The summed E-state index contributed by atoms with van der Waals surface area (Å²) in [6, 6.07) is 19.3. The van der Waals surface area contributed by atoms with Crippen molar-refractivity contribution in [1.82, 2.24) is 14.5 Å². The van der Waals surface area contributed by atoms with Crippen LogP contribution in [0.5, 0.6) is 11.5 Å². The Kier molecular flexibility index (Phi) is 7.83. The van der Waals surface area contributed by atoms with Crippen molar-refractivity contribution < 1.29 is 32.6 Å². The molecule has 1 aromatic heterocycles. The van der Waals surface area contributed by atoms with Gasteiger partial charge in [-0.2, -0.15) is 18.4 Å². The van der Waals surface area contributed by atoms with Crippen LogP contribution in [-0.2, 0) is 22.7 Å². The summed E-state index contributed by atoms with van der Waals surface area (Å²) in [5, 5.41) is 21.6. The number of rotatable bonds is 0. The number of benzene rings is 3. The van der Waals surface area contributed by atoms with Gasteiger partial charge in [-0.3, -0.25) is 9.69 Å². The summed E-state index contributed by atoms with van der Waals surface area (Å²) in [4.78, 5) is 27.9. The molecule has 4 bridgehead atoms. The summed E-state index contributed by atoms with van der Waals surface area (Å²) < 4.78 is 39.9. The van der Waals surface area contributed by atoms with Crippen LogP contribution in [0.2, 0.25) is 0 Å². The highest BCUT2D eigenvalue weighted by Gasteiger charge is 2.38. The number of aliphatic carboxylic acids is 1. The minimum atomic E-state index is -5.08. The zero-order chi connectivity index (χ0) is 28.2. The third kappa shape index (κ3) is 6.71. The van der Waals surface area contributed by atoms with Gasteiger partial charge in [-0.15, -0.1) is 0 Å². The maximum absolute atomic E-state index is 12.7. The molecule has 4 aromatic rings. The van der Waals surface area contributed by atoms with Gasteiger partial charge in [-0.25, -0.2) is 9.78 Å². The first-order chi connectivity index (χ1) is 18.5. The molecule has 1 amide bonds. The van der Waals surface area contributed by atoms with Crippen molar-refractivity contribution >= 4 is 28.3 Å². The maximum atomic E-state index is 12.7. The van der Waals surface area contributed by atoms with Crippen molar-refractivity contribution in [2.45, 2.75) is 19.3 Å². The highest BCUT2D eigenvalue weighted by molar-refractivity contribution is 6.03. The standard InChI is InChI=1S/C25H21N5O2.C2HF3O2/c1-29-14-20-12-27-16-30(20)13-17-5-6-19(11-26)24(9-17)32-21-8-7-18-3-2-4-23(22(18)10-21)28-25(31)15-29;3-2(4,5)1(6)7/h2-10,12,16H,13-15H2,1H3,(H,28,31);(H,6,7). The summed E-state index contributed by atoms with van der Waals surface area (Å²) in [6.07, 6.45) is -1.50. The van der Waals surface area contributed by atoms with Gasteiger partial charge < -0.3 is 19.7 Å². The summed E-state index contributed by atoms with van der Waals surface area (Å²) in [7, 11) is 1.91. The molecule has 0 spiro atoms. The minimum Gasteiger partial charge on any atom is -0.475 e. The number of carbonyl (C=O) groups is 2. The number of hydrogen-bond donors (Lipinski definition) is 2. The molecule has 0 atom stereocenters. The fourth-order valence-electron chi connectivity index (χ4n) is 3.98. The van der Waals surface area contributed by atoms with Crippen LogP contribution in [-0.4, -0.2) is 51.2 Å². The zero-order valence-electron chi connectivity index (χ0n) is 20.6. The van der Waals surface area contributed by atoms with Crippen molar-refractivity contribution in [3.63, 3.8) is 0 Å². The quantitative estimate of drug-likeness (QED) is 0.332. The van der Waals surface area contributed by atoms with E-state index in [4.69, 9.17) is 14.6 Å². The van der Waals surface area contributed by atoms with Gasteiger partial charge in [-0.1, -0.05) is 24.3 Å². The smallest absolute Gasteiger partial charge is 0.475 e. The zero-order valence-corrected chi connectivity index (χ0v) is 20.6. The lowest BCUT2D eigenvalue weighted by Crippen LogP contribution is -2.30. The van der Waals surface area contributed by atoms with Crippen molar-refractivity contribution in [1.29, 1.82) is 5.26 Å². The normalized spacial score (nSPS) is 13.9. The number of nitriles is 1. The summed E-state index contributed by atoms with van der Waals surface area (Å²) in [5.74, 6) is -1.76. The molecule has 2 heterocycles. The molecule has 0 unspecified atom stereocenters. The van der Waals surface area contributed by atoms with Gasteiger partial charge >= 0.3 is 12.1 Å². The molecule has 3 aromatic carbocycles. The van der Waals surface area contributed by atoms with Crippen molar-refractivity contribution in [2.24, 2.45) is 0 Å². The Balaban J connectivity index is 0.000000448. The van der Waals surface area contributed by atoms with Crippen LogP contribution in [0.1, 0.15) is 16.8 Å². The molecule has 1 aliphatic rings. The highest BCUT2D eigenvalue weighted by Crippen LogP contribution is 2.32. The molecular weight excluding hydrogens is 515 g/mol. The van der Waals surface area contributed by atoms with Crippen LogP contribution in [0.15, 0.2) is 67.1 Å². The predicted molar refractivity (Wildman–Crippen MR) is 135 cm³/mol. The second-order valence-corrected chi connectivity index (χ2v) is 8.77. The molecule has 39 heavy (non-hydrogen) atoms. The Labute approximate surface area is 220 Å². The van der Waals surface area contributed by atoms with Crippen LogP contribution in [0.4, 0.5) is 18.9 Å². The average molecular weight is 537 g/mol. The van der Waals surface area contributed by atoms with E-state index in [0.29, 0.717) is 30.2 Å². The largest absolute Gasteiger partial charge is 0.490 e. The van der Waals surface area contributed by atoms with Gasteiger partial charge in [0.05, 0.1) is 24.1 Å². The molecule has 0 fully saturated rings. The lowest BCUT2D eigenvalue weighted by Gasteiger charge is -2.19. The van der Waals surface area contributed by atoms with E-state index in [-0.39, 0.29) is 12.5 Å². The third-order valence-corrected chi connectivity index (χ3v) is 5.76. The van der Waals surface area contributed by atoms with Gasteiger partial charge in [0.25, 0.3) is 0 Å². The molecule has 0 saturated heterocycles. The Morgan fingerprint density at radius 1 is 1.13 bits per heavy atom. The average Bonchev–Trinajstić information content (AvgIpc) is 3.30. The van der Waals surface area contributed by atoms with E-state index in [1.54, 1.807) is 12.4 Å². The number of amides is 1. The molecular formula is C27H22F3N5O4. The summed E-state index contributed by atoms with van der Waals surface area (Å²) in [6.45, 7) is 1.41. The number of ether oxygens (including phenoxy) is 1. The molecule has 9 nitrogen and oxygen atoms in total. The minimum absolute atomic E-state index is 0.0959. The number of halogens is 3. The molecule has 0 saturated carbocycles. The van der Waals surface area contributed by atoms with Gasteiger partial charge in [0, 0.05) is 30.4 Å². The number of anilines is 1. The Morgan fingerprint density at radius 2 is 1.90 bits per heavy atom. The van der Waals surface area contributed by atoms with E-state index in [1.807, 2.05) is 71.2 Å². The molecule has 2 N–H and O–H groups in total. The van der Waals surface area contributed by atoms with E-state index in [1.165, 1.54) is 0 Å². The number of nitrogens with zero attached hydrogens (tertiary/aromatic N) is 4. The monoisotopic (exact) mass is 537 g/mol. The number of carboxylic acid groups (broad SMARTS) is 1. The van der Waals surface area contributed by atoms with Gasteiger partial charge in [0.2, 0.25) is 5.91 Å². The Bertz CT molecular complexity index is 1580. The number of nitrogens with one attached hydrogen (secondary N) is 1. The first-order valence-electron chi connectivity index (χ1n) is 11.5. The van der Waals surface area contributed by atoms with E-state index in [9.17, 15) is 23.2 Å². The lowest BCUT2D eigenvalue weighted by molar-refractivity contribution is -0.192. The van der Waals surface area contributed by atoms with Crippen LogP contribution in [0, 0.1) is 11.3 Å². The van der Waals surface area contributed by atoms with Gasteiger partial charge in [0.1, 0.15) is 17.6 Å². The molecule has 0 radical (unpaired) electrons. The second kappa shape index (κ2) is 11.2. The number of imidazole rings is 1. The molecule has 1 aliphatic heterocycles. The summed E-state index contributed by atoms with van der Waals surface area (Å²) >= 11 is 0. The Hall–Kier alpha value is -4.89. The Morgan fingerprint density at radius 3 is 2.62 bits per heavy atom. The number of carbonyl (C=O) groups excluding carboxylic acids is 1. The second-order valence-electron chi connectivity index (χ2n) is 8.77. The maximum Gasteiger partial charge on any atom is 0.490 e. The molecule has 0 aliphatic carbocycles. The van der Waals surface area contributed by atoms with E-state index in [0.717, 1.165) is 27.7 Å².